The predicted octanol–water partition coefficient (Wildman–Crippen LogP) is 2.73. The van der Waals surface area contributed by atoms with E-state index in [1.807, 2.05) is 54.6 Å². The van der Waals surface area contributed by atoms with Crippen molar-refractivity contribution in [2.75, 3.05) is 56.6 Å². The third-order valence-corrected chi connectivity index (χ3v) is 5.78. The van der Waals surface area contributed by atoms with Crippen LogP contribution in [0.3, 0.4) is 0 Å². The van der Waals surface area contributed by atoms with Gasteiger partial charge in [-0.15, -0.1) is 0 Å². The summed E-state index contributed by atoms with van der Waals surface area (Å²) >= 11 is 0. The maximum absolute atomic E-state index is 13.1. The number of likely N-dealkylation sites (tertiary alicyclic amines) is 1. The normalized spacial score (nSPS) is 18.5. The number of nitrogens with zero attached hydrogens (tertiary/aromatic N) is 2. The zero-order valence-corrected chi connectivity index (χ0v) is 17.8. The van der Waals surface area contributed by atoms with Crippen molar-refractivity contribution in [1.82, 2.24) is 9.80 Å². The van der Waals surface area contributed by atoms with E-state index in [1.54, 1.807) is 0 Å². The van der Waals surface area contributed by atoms with Crippen LogP contribution in [-0.2, 0) is 14.3 Å². The summed E-state index contributed by atoms with van der Waals surface area (Å²) in [6, 6.07) is 16.9. The monoisotopic (exact) mass is 422 g/mol. The van der Waals surface area contributed by atoms with Gasteiger partial charge in [0.1, 0.15) is 6.04 Å². The van der Waals surface area contributed by atoms with E-state index in [0.29, 0.717) is 19.8 Å². The number of rotatable bonds is 7. The van der Waals surface area contributed by atoms with Crippen LogP contribution in [0.25, 0.3) is 0 Å². The maximum Gasteiger partial charge on any atom is 0.246 e. The second-order valence-electron chi connectivity index (χ2n) is 8.06. The molecule has 0 radical (unpaired) electrons. The molecule has 2 aromatic carbocycles. The Morgan fingerprint density at radius 3 is 2.10 bits per heavy atom. The first kappa shape index (κ1) is 21.5. The number of benzene rings is 2. The highest BCUT2D eigenvalue weighted by Gasteiger charge is 2.29. The number of ether oxygens (including phenoxy) is 1. The van der Waals surface area contributed by atoms with Crippen molar-refractivity contribution in [2.45, 2.75) is 18.9 Å². The van der Waals surface area contributed by atoms with Gasteiger partial charge >= 0.3 is 0 Å². The van der Waals surface area contributed by atoms with Crippen LogP contribution in [0.5, 0.6) is 0 Å². The molecule has 2 N–H and O–H groups in total. The van der Waals surface area contributed by atoms with E-state index >= 15 is 0 Å². The molecule has 2 aliphatic rings. The first-order valence-electron chi connectivity index (χ1n) is 11.0. The molecule has 164 valence electrons. The highest BCUT2D eigenvalue weighted by atomic mass is 16.5. The minimum Gasteiger partial charge on any atom is -0.379 e. The van der Waals surface area contributed by atoms with Crippen molar-refractivity contribution in [3.63, 3.8) is 0 Å². The average molecular weight is 423 g/mol. The Morgan fingerprint density at radius 2 is 1.45 bits per heavy atom. The maximum atomic E-state index is 13.1. The third-order valence-electron chi connectivity index (χ3n) is 5.78. The Balaban J connectivity index is 1.35. The Hall–Kier alpha value is -2.74. The molecule has 2 heterocycles. The lowest BCUT2D eigenvalue weighted by Crippen LogP contribution is -2.41. The number of hydrogen-bond donors (Lipinski definition) is 2. The highest BCUT2D eigenvalue weighted by Crippen LogP contribution is 2.27. The van der Waals surface area contributed by atoms with Crippen LogP contribution in [0.15, 0.2) is 54.6 Å². The summed E-state index contributed by atoms with van der Waals surface area (Å²) in [5.74, 6) is -0.0749. The van der Waals surface area contributed by atoms with E-state index in [9.17, 15) is 9.59 Å². The van der Waals surface area contributed by atoms with Crippen LogP contribution in [0, 0.1) is 0 Å². The fourth-order valence-electron chi connectivity index (χ4n) is 4.17. The van der Waals surface area contributed by atoms with E-state index in [-0.39, 0.29) is 17.9 Å². The molecule has 2 fully saturated rings. The van der Waals surface area contributed by atoms with E-state index in [0.717, 1.165) is 56.0 Å². The molecule has 2 aromatic rings. The molecule has 0 aliphatic carbocycles. The van der Waals surface area contributed by atoms with Gasteiger partial charge in [0.15, 0.2) is 0 Å². The summed E-state index contributed by atoms with van der Waals surface area (Å²) in [5, 5.41) is 5.97. The topological polar surface area (TPSA) is 73.9 Å². The smallest absolute Gasteiger partial charge is 0.246 e. The number of carbonyl (C=O) groups is 2. The molecule has 0 spiro atoms. The fraction of sp³-hybridized carbons (Fsp3) is 0.417. The van der Waals surface area contributed by atoms with Gasteiger partial charge in [0.05, 0.1) is 19.8 Å². The van der Waals surface area contributed by atoms with E-state index in [2.05, 4.69) is 20.4 Å². The molecule has 0 saturated carbocycles. The minimum absolute atomic E-state index is 0.0304. The zero-order chi connectivity index (χ0) is 21.5. The van der Waals surface area contributed by atoms with Crippen molar-refractivity contribution in [3.8, 4) is 0 Å². The van der Waals surface area contributed by atoms with Gasteiger partial charge in [-0.3, -0.25) is 19.4 Å². The van der Waals surface area contributed by atoms with Gasteiger partial charge in [0, 0.05) is 24.5 Å². The fourth-order valence-corrected chi connectivity index (χ4v) is 4.17. The third kappa shape index (κ3) is 5.91. The molecular weight excluding hydrogens is 392 g/mol. The molecule has 2 amide bonds. The number of carbonyl (C=O) groups excluding carboxylic acids is 2. The predicted molar refractivity (Wildman–Crippen MR) is 121 cm³/mol. The quantitative estimate of drug-likeness (QED) is 0.718. The second-order valence-corrected chi connectivity index (χ2v) is 8.06. The Morgan fingerprint density at radius 1 is 0.839 bits per heavy atom. The summed E-state index contributed by atoms with van der Waals surface area (Å²) in [5.41, 5.74) is 2.45. The van der Waals surface area contributed by atoms with Gasteiger partial charge in [0.2, 0.25) is 11.8 Å². The first-order valence-corrected chi connectivity index (χ1v) is 11.0. The lowest BCUT2D eigenvalue weighted by molar-refractivity contribution is -0.121. The summed E-state index contributed by atoms with van der Waals surface area (Å²) < 4.78 is 5.31. The molecule has 7 nitrogen and oxygen atoms in total. The molecule has 1 unspecified atom stereocenters. The van der Waals surface area contributed by atoms with E-state index in [1.165, 1.54) is 0 Å². The van der Waals surface area contributed by atoms with Crippen LogP contribution < -0.4 is 10.6 Å². The van der Waals surface area contributed by atoms with Crippen LogP contribution in [-0.4, -0.2) is 67.6 Å². The molecule has 0 aromatic heterocycles. The molecule has 7 heteroatoms. The van der Waals surface area contributed by atoms with E-state index < -0.39 is 0 Å². The van der Waals surface area contributed by atoms with Crippen molar-refractivity contribution in [3.05, 3.63) is 60.2 Å². The van der Waals surface area contributed by atoms with Gasteiger partial charge < -0.3 is 15.4 Å². The van der Waals surface area contributed by atoms with Crippen molar-refractivity contribution < 1.29 is 14.3 Å². The minimum atomic E-state index is -0.295. The second kappa shape index (κ2) is 10.5. The highest BCUT2D eigenvalue weighted by molar-refractivity contribution is 5.96. The molecule has 2 saturated heterocycles. The van der Waals surface area contributed by atoms with Crippen molar-refractivity contribution in [1.29, 1.82) is 0 Å². The standard InChI is InChI=1S/C24H30N4O3/c29-22(18-27-14-16-31-17-15-27)25-20-8-10-21(11-9-20)26-24(30)23(28-12-4-5-13-28)19-6-2-1-3-7-19/h1-3,6-11,23H,4-5,12-18H2,(H,25,29)(H,26,30). The molecule has 2 aliphatic heterocycles. The Bertz CT molecular complexity index is 860. The van der Waals surface area contributed by atoms with Gasteiger partial charge in [-0.1, -0.05) is 30.3 Å². The van der Waals surface area contributed by atoms with Gasteiger partial charge in [0.25, 0.3) is 0 Å². The lowest BCUT2D eigenvalue weighted by Gasteiger charge is -2.27. The average Bonchev–Trinajstić information content (AvgIpc) is 3.31. The van der Waals surface area contributed by atoms with Crippen LogP contribution in [0.4, 0.5) is 11.4 Å². The van der Waals surface area contributed by atoms with Gasteiger partial charge in [-0.05, 0) is 55.8 Å². The SMILES string of the molecule is O=C(CN1CCOCC1)Nc1ccc(NC(=O)C(c2ccccc2)N2CCCC2)cc1. The molecule has 31 heavy (non-hydrogen) atoms. The van der Waals surface area contributed by atoms with E-state index in [4.69, 9.17) is 4.74 Å². The molecule has 1 atom stereocenters. The van der Waals surface area contributed by atoms with Gasteiger partial charge in [-0.2, -0.15) is 0 Å². The number of hydrogen-bond acceptors (Lipinski definition) is 5. The van der Waals surface area contributed by atoms with Gasteiger partial charge in [-0.25, -0.2) is 0 Å². The largest absolute Gasteiger partial charge is 0.379 e. The van der Waals surface area contributed by atoms with Crippen LogP contribution >= 0.6 is 0 Å². The molecule has 0 bridgehead atoms. The number of nitrogens with one attached hydrogen (secondary N) is 2. The number of morpholine rings is 1. The summed E-state index contributed by atoms with van der Waals surface area (Å²) in [4.78, 5) is 29.7. The molecule has 4 rings (SSSR count). The van der Waals surface area contributed by atoms with Crippen LogP contribution in [0.2, 0.25) is 0 Å². The number of amides is 2. The van der Waals surface area contributed by atoms with Crippen molar-refractivity contribution in [2.24, 2.45) is 0 Å². The van der Waals surface area contributed by atoms with Crippen molar-refractivity contribution >= 4 is 23.2 Å². The lowest BCUT2D eigenvalue weighted by atomic mass is 10.0. The molecular formula is C24H30N4O3. The zero-order valence-electron chi connectivity index (χ0n) is 17.8. The van der Waals surface area contributed by atoms with Crippen LogP contribution in [0.1, 0.15) is 24.4 Å². The first-order chi connectivity index (χ1) is 15.2. The Labute approximate surface area is 183 Å². The number of anilines is 2. The summed E-state index contributed by atoms with van der Waals surface area (Å²) in [6.45, 7) is 5.11. The Kier molecular flexibility index (Phi) is 7.30. The summed E-state index contributed by atoms with van der Waals surface area (Å²) in [6.07, 6.45) is 2.24. The summed E-state index contributed by atoms with van der Waals surface area (Å²) in [7, 11) is 0.